The lowest BCUT2D eigenvalue weighted by atomic mass is 10.1. The highest BCUT2D eigenvalue weighted by Gasteiger charge is 2.23. The van der Waals surface area contributed by atoms with E-state index >= 15 is 0 Å². The highest BCUT2D eigenvalue weighted by atomic mass is 32.2. The number of allylic oxidation sites excluding steroid dienone is 4. The first kappa shape index (κ1) is 11.1. The van der Waals surface area contributed by atoms with Gasteiger partial charge in [0, 0.05) is 16.6 Å². The number of hydrogen-bond acceptors (Lipinski definition) is 2. The summed E-state index contributed by atoms with van der Waals surface area (Å²) in [6, 6.07) is 0. The second-order valence-electron chi connectivity index (χ2n) is 3.21. The van der Waals surface area contributed by atoms with Gasteiger partial charge in [0.25, 0.3) is 0 Å². The van der Waals surface area contributed by atoms with Crippen molar-refractivity contribution in [3.63, 3.8) is 0 Å². The number of amides is 1. The molecule has 0 spiro atoms. The zero-order valence-corrected chi connectivity index (χ0v) is 9.14. The van der Waals surface area contributed by atoms with E-state index in [-0.39, 0.29) is 5.91 Å². The van der Waals surface area contributed by atoms with Crippen molar-refractivity contribution in [2.75, 3.05) is 0 Å². The summed E-state index contributed by atoms with van der Waals surface area (Å²) < 4.78 is 0. The van der Waals surface area contributed by atoms with Crippen LogP contribution in [-0.4, -0.2) is 11.2 Å². The highest BCUT2D eigenvalue weighted by Crippen LogP contribution is 2.40. The van der Waals surface area contributed by atoms with E-state index in [4.69, 9.17) is 5.73 Å². The number of nitrogens with two attached hydrogens (primary N) is 1. The van der Waals surface area contributed by atoms with Crippen LogP contribution in [0.15, 0.2) is 35.3 Å². The van der Waals surface area contributed by atoms with Gasteiger partial charge in [0.2, 0.25) is 5.91 Å². The Morgan fingerprint density at radius 2 is 2.50 bits per heavy atom. The van der Waals surface area contributed by atoms with Crippen molar-refractivity contribution in [2.45, 2.75) is 25.0 Å². The molecule has 1 aliphatic heterocycles. The molecular weight excluding hydrogens is 194 g/mol. The van der Waals surface area contributed by atoms with Crippen LogP contribution in [0.2, 0.25) is 0 Å². The Morgan fingerprint density at radius 3 is 3.00 bits per heavy atom. The van der Waals surface area contributed by atoms with Crippen LogP contribution in [0.3, 0.4) is 0 Å². The third-order valence-electron chi connectivity index (χ3n) is 2.04. The van der Waals surface area contributed by atoms with Crippen LogP contribution < -0.4 is 5.73 Å². The molecule has 1 heterocycles. The van der Waals surface area contributed by atoms with E-state index in [9.17, 15) is 4.79 Å². The number of carbonyl (C=O) groups excluding carboxylic acids is 1. The monoisotopic (exact) mass is 209 g/mol. The summed E-state index contributed by atoms with van der Waals surface area (Å²) in [5, 5.41) is 0.298. The van der Waals surface area contributed by atoms with Crippen LogP contribution in [0.5, 0.6) is 0 Å². The summed E-state index contributed by atoms with van der Waals surface area (Å²) in [5.74, 6) is -0.229. The summed E-state index contributed by atoms with van der Waals surface area (Å²) in [6.45, 7) is 5.75. The number of thioether (sulfide) groups is 1. The molecule has 0 saturated carbocycles. The minimum absolute atomic E-state index is 0.229. The van der Waals surface area contributed by atoms with Crippen LogP contribution in [0.1, 0.15) is 19.8 Å². The molecule has 0 aromatic heterocycles. The molecule has 3 heteroatoms. The van der Waals surface area contributed by atoms with Gasteiger partial charge in [-0.15, -0.1) is 11.8 Å². The highest BCUT2D eigenvalue weighted by molar-refractivity contribution is 8.04. The van der Waals surface area contributed by atoms with Crippen LogP contribution in [0.25, 0.3) is 0 Å². The van der Waals surface area contributed by atoms with E-state index in [1.807, 2.05) is 19.1 Å². The maximum atomic E-state index is 10.8. The van der Waals surface area contributed by atoms with E-state index in [0.29, 0.717) is 11.7 Å². The van der Waals surface area contributed by atoms with Gasteiger partial charge in [-0.2, -0.15) is 0 Å². The third kappa shape index (κ3) is 2.77. The van der Waals surface area contributed by atoms with Crippen molar-refractivity contribution < 1.29 is 4.79 Å². The summed E-state index contributed by atoms with van der Waals surface area (Å²) >= 11 is 1.70. The average molecular weight is 209 g/mol. The molecule has 0 aromatic carbocycles. The maximum absolute atomic E-state index is 10.8. The summed E-state index contributed by atoms with van der Waals surface area (Å²) in [6.07, 6.45) is 7.29. The second kappa shape index (κ2) is 5.05. The lowest BCUT2D eigenvalue weighted by Crippen LogP contribution is -2.16. The number of hydrogen-bond donors (Lipinski definition) is 1. The summed E-state index contributed by atoms with van der Waals surface area (Å²) in [5.41, 5.74) is 6.43. The molecule has 0 radical (unpaired) electrons. The lowest BCUT2D eigenvalue weighted by Gasteiger charge is -2.04. The fraction of sp³-hybridized carbons (Fsp3) is 0.364. The Kier molecular flexibility index (Phi) is 4.01. The van der Waals surface area contributed by atoms with Crippen molar-refractivity contribution >= 4 is 17.7 Å². The topological polar surface area (TPSA) is 43.1 Å². The van der Waals surface area contributed by atoms with Crippen LogP contribution >= 0.6 is 11.8 Å². The van der Waals surface area contributed by atoms with Gasteiger partial charge in [0.15, 0.2) is 0 Å². The molecule has 76 valence electrons. The fourth-order valence-corrected chi connectivity index (χ4v) is 2.78. The van der Waals surface area contributed by atoms with Crippen molar-refractivity contribution in [1.29, 1.82) is 0 Å². The largest absolute Gasteiger partial charge is 0.370 e. The van der Waals surface area contributed by atoms with Crippen molar-refractivity contribution in [2.24, 2.45) is 5.73 Å². The zero-order chi connectivity index (χ0) is 10.6. The zero-order valence-electron chi connectivity index (χ0n) is 8.32. The minimum atomic E-state index is -0.229. The Bertz CT molecular complexity index is 304. The molecule has 0 saturated heterocycles. The molecule has 0 aliphatic carbocycles. The van der Waals surface area contributed by atoms with Gasteiger partial charge in [-0.25, -0.2) is 0 Å². The van der Waals surface area contributed by atoms with Gasteiger partial charge < -0.3 is 5.73 Å². The lowest BCUT2D eigenvalue weighted by molar-refractivity contribution is -0.117. The Labute approximate surface area is 88.9 Å². The van der Waals surface area contributed by atoms with E-state index < -0.39 is 0 Å². The minimum Gasteiger partial charge on any atom is -0.370 e. The van der Waals surface area contributed by atoms with Gasteiger partial charge >= 0.3 is 0 Å². The molecule has 0 bridgehead atoms. The molecule has 0 aromatic rings. The predicted molar refractivity (Wildman–Crippen MR) is 61.8 cm³/mol. The SMILES string of the molecule is C=CC1=C(/C=C\C)CC(CC(N)=O)S1. The molecule has 2 nitrogen and oxygen atoms in total. The van der Waals surface area contributed by atoms with Crippen molar-refractivity contribution in [3.05, 3.63) is 35.3 Å². The standard InChI is InChI=1S/C11H15NOS/c1-3-5-8-6-9(7-11(12)13)14-10(8)4-2/h3-5,9H,2,6-7H2,1H3,(H2,12,13)/b5-3-. The number of rotatable bonds is 4. The number of primary amides is 1. The average Bonchev–Trinajstić information content (AvgIpc) is 2.47. The fourth-order valence-electron chi connectivity index (χ4n) is 1.51. The summed E-state index contributed by atoms with van der Waals surface area (Å²) in [7, 11) is 0. The van der Waals surface area contributed by atoms with Crippen molar-refractivity contribution in [3.8, 4) is 0 Å². The molecule has 1 unspecified atom stereocenters. The first-order valence-electron chi connectivity index (χ1n) is 4.60. The van der Waals surface area contributed by atoms with Gasteiger partial charge in [0.1, 0.15) is 0 Å². The van der Waals surface area contributed by atoms with Gasteiger partial charge in [-0.1, -0.05) is 24.8 Å². The van der Waals surface area contributed by atoms with Crippen molar-refractivity contribution in [1.82, 2.24) is 0 Å². The smallest absolute Gasteiger partial charge is 0.218 e. The van der Waals surface area contributed by atoms with E-state index in [1.165, 1.54) is 10.5 Å². The molecular formula is C11H15NOS. The van der Waals surface area contributed by atoms with Crippen LogP contribution in [-0.2, 0) is 4.79 Å². The van der Waals surface area contributed by atoms with Crippen LogP contribution in [0, 0.1) is 0 Å². The second-order valence-corrected chi connectivity index (χ2v) is 4.55. The summed E-state index contributed by atoms with van der Waals surface area (Å²) in [4.78, 5) is 11.9. The first-order valence-corrected chi connectivity index (χ1v) is 5.48. The molecule has 1 rings (SSSR count). The van der Waals surface area contributed by atoms with Gasteiger partial charge in [0.05, 0.1) is 0 Å². The van der Waals surface area contributed by atoms with E-state index in [1.54, 1.807) is 11.8 Å². The Balaban J connectivity index is 2.65. The quantitative estimate of drug-likeness (QED) is 0.772. The van der Waals surface area contributed by atoms with Gasteiger partial charge in [-0.05, 0) is 18.9 Å². The third-order valence-corrected chi connectivity index (χ3v) is 3.39. The normalized spacial score (nSPS) is 21.9. The molecule has 1 amide bonds. The molecule has 1 aliphatic rings. The van der Waals surface area contributed by atoms with Crippen LogP contribution in [0.4, 0.5) is 0 Å². The molecule has 0 fully saturated rings. The Morgan fingerprint density at radius 1 is 1.79 bits per heavy atom. The maximum Gasteiger partial charge on any atom is 0.218 e. The Hall–Kier alpha value is -0.960. The predicted octanol–water partition coefficient (Wildman–Crippen LogP) is 2.38. The molecule has 1 atom stereocenters. The first-order chi connectivity index (χ1) is 6.67. The molecule has 14 heavy (non-hydrogen) atoms. The molecule has 2 N–H and O–H groups in total. The number of carbonyl (C=O) groups is 1. The van der Waals surface area contributed by atoms with E-state index in [2.05, 4.69) is 12.7 Å². The van der Waals surface area contributed by atoms with Gasteiger partial charge in [-0.3, -0.25) is 4.79 Å². The van der Waals surface area contributed by atoms with E-state index in [0.717, 1.165) is 6.42 Å².